The maximum Gasteiger partial charge on any atom is 0.411 e. The molecule has 0 aliphatic carbocycles. The van der Waals surface area contributed by atoms with Crippen molar-refractivity contribution in [1.29, 1.82) is 0 Å². The molecule has 29 heavy (non-hydrogen) atoms. The molecule has 0 aromatic heterocycles. The van der Waals surface area contributed by atoms with E-state index >= 15 is 0 Å². The quantitative estimate of drug-likeness (QED) is 0.393. The summed E-state index contributed by atoms with van der Waals surface area (Å²) in [6, 6.07) is 7.66. The minimum Gasteiger partial charge on any atom is -0.463 e. The second kappa shape index (κ2) is 10.4. The van der Waals surface area contributed by atoms with E-state index < -0.39 is 42.5 Å². The highest BCUT2D eigenvalue weighted by Gasteiger charge is 2.46. The lowest BCUT2D eigenvalue weighted by atomic mass is 10.0. The molecule has 1 heterocycles. The number of amides is 1. The first-order chi connectivity index (χ1) is 13.9. The van der Waals surface area contributed by atoms with Gasteiger partial charge in [0.05, 0.1) is 6.04 Å². The van der Waals surface area contributed by atoms with E-state index in [0.717, 1.165) is 5.56 Å². The highest BCUT2D eigenvalue weighted by Crippen LogP contribution is 2.28. The molecule has 4 unspecified atom stereocenters. The number of nitrogens with zero attached hydrogens (tertiary/aromatic N) is 1. The molecule has 0 saturated carbocycles. The van der Waals surface area contributed by atoms with Gasteiger partial charge in [0, 0.05) is 13.8 Å². The van der Waals surface area contributed by atoms with Gasteiger partial charge in [0.25, 0.3) is 0 Å². The molecule has 8 heteroatoms. The van der Waals surface area contributed by atoms with Gasteiger partial charge < -0.3 is 18.9 Å². The van der Waals surface area contributed by atoms with Crippen LogP contribution in [-0.2, 0) is 35.1 Å². The molecule has 0 spiro atoms. The van der Waals surface area contributed by atoms with Gasteiger partial charge >= 0.3 is 18.0 Å². The molecule has 4 atom stereocenters. The number of hydrogen-bond acceptors (Lipinski definition) is 7. The summed E-state index contributed by atoms with van der Waals surface area (Å²) in [6.07, 6.45) is 0.304. The molecular formula is C21H25NO7. The Labute approximate surface area is 169 Å². The first-order valence-corrected chi connectivity index (χ1v) is 9.07. The Bertz CT molecular complexity index is 749. The summed E-state index contributed by atoms with van der Waals surface area (Å²) < 4.78 is 21.5. The van der Waals surface area contributed by atoms with Gasteiger partial charge in [-0.15, -0.1) is 13.2 Å². The summed E-state index contributed by atoms with van der Waals surface area (Å²) in [6.45, 7) is 9.85. The van der Waals surface area contributed by atoms with Gasteiger partial charge in [-0.3, -0.25) is 14.5 Å². The van der Waals surface area contributed by atoms with Gasteiger partial charge in [-0.1, -0.05) is 42.5 Å². The summed E-state index contributed by atoms with van der Waals surface area (Å²) >= 11 is 0. The fourth-order valence-corrected chi connectivity index (χ4v) is 2.97. The van der Waals surface area contributed by atoms with Crippen molar-refractivity contribution in [3.8, 4) is 0 Å². The zero-order valence-electron chi connectivity index (χ0n) is 16.5. The predicted molar refractivity (Wildman–Crippen MR) is 103 cm³/mol. The van der Waals surface area contributed by atoms with E-state index in [-0.39, 0.29) is 13.2 Å². The standard InChI is InChI=1S/C21H25NO7/c1-5-17-19(13-26-14(3)23)29-20(28-15(4)24)18(6-2)22(17)21(25)27-12-16-10-8-7-9-11-16/h5-11,17-20H,1-2,12-13H2,3-4H3. The summed E-state index contributed by atoms with van der Waals surface area (Å²) in [7, 11) is 0. The van der Waals surface area contributed by atoms with E-state index in [1.165, 1.54) is 30.9 Å². The smallest absolute Gasteiger partial charge is 0.411 e. The lowest BCUT2D eigenvalue weighted by Gasteiger charge is -2.46. The summed E-state index contributed by atoms with van der Waals surface area (Å²) in [4.78, 5) is 37.0. The molecule has 1 aliphatic heterocycles. The van der Waals surface area contributed by atoms with Crippen molar-refractivity contribution in [1.82, 2.24) is 4.90 Å². The Morgan fingerprint density at radius 1 is 1.03 bits per heavy atom. The van der Waals surface area contributed by atoms with Crippen molar-refractivity contribution in [2.45, 2.75) is 44.9 Å². The molecule has 0 N–H and O–H groups in total. The van der Waals surface area contributed by atoms with Crippen LogP contribution in [0.4, 0.5) is 4.79 Å². The molecule has 1 aromatic carbocycles. The van der Waals surface area contributed by atoms with Gasteiger partial charge in [0.1, 0.15) is 25.4 Å². The van der Waals surface area contributed by atoms with Crippen molar-refractivity contribution >= 4 is 18.0 Å². The summed E-state index contributed by atoms with van der Waals surface area (Å²) in [5, 5.41) is 0. The number of carbonyl (C=O) groups is 3. The van der Waals surface area contributed by atoms with Crippen LogP contribution in [0.25, 0.3) is 0 Å². The van der Waals surface area contributed by atoms with E-state index in [9.17, 15) is 14.4 Å². The van der Waals surface area contributed by atoms with Crippen LogP contribution in [0, 0.1) is 0 Å². The highest BCUT2D eigenvalue weighted by atomic mass is 16.7. The Morgan fingerprint density at radius 3 is 2.24 bits per heavy atom. The molecule has 0 radical (unpaired) electrons. The SMILES string of the molecule is C=CC1C(COC(C)=O)OC(OC(C)=O)C(C=C)N1C(=O)OCc1ccccc1. The Hall–Kier alpha value is -3.13. The van der Waals surface area contributed by atoms with E-state index in [1.807, 2.05) is 30.3 Å². The highest BCUT2D eigenvalue weighted by molar-refractivity contribution is 5.70. The maximum absolute atomic E-state index is 12.9. The largest absolute Gasteiger partial charge is 0.463 e. The Balaban J connectivity index is 2.26. The van der Waals surface area contributed by atoms with Crippen molar-refractivity contribution < 1.29 is 33.3 Å². The Kier molecular flexibility index (Phi) is 7.97. The van der Waals surface area contributed by atoms with E-state index in [1.54, 1.807) is 0 Å². The average Bonchev–Trinajstić information content (AvgIpc) is 2.70. The molecule has 1 fully saturated rings. The third kappa shape index (κ3) is 5.92. The minimum absolute atomic E-state index is 0.0532. The second-order valence-electron chi connectivity index (χ2n) is 6.35. The van der Waals surface area contributed by atoms with E-state index in [0.29, 0.717) is 0 Å². The van der Waals surface area contributed by atoms with Crippen LogP contribution in [0.1, 0.15) is 19.4 Å². The van der Waals surface area contributed by atoms with Gasteiger partial charge in [0.2, 0.25) is 6.29 Å². The molecule has 1 saturated heterocycles. The number of hydrogen-bond donors (Lipinski definition) is 0. The average molecular weight is 403 g/mol. The molecule has 2 rings (SSSR count). The summed E-state index contributed by atoms with van der Waals surface area (Å²) in [5.74, 6) is -1.10. The molecule has 156 valence electrons. The Morgan fingerprint density at radius 2 is 1.69 bits per heavy atom. The van der Waals surface area contributed by atoms with Gasteiger partial charge in [-0.05, 0) is 5.56 Å². The van der Waals surface area contributed by atoms with E-state index in [4.69, 9.17) is 18.9 Å². The number of ether oxygens (including phenoxy) is 4. The molecular weight excluding hydrogens is 378 g/mol. The van der Waals surface area contributed by atoms with Crippen LogP contribution in [0.2, 0.25) is 0 Å². The first kappa shape index (κ1) is 22.2. The van der Waals surface area contributed by atoms with Crippen molar-refractivity contribution in [3.05, 3.63) is 61.2 Å². The zero-order valence-corrected chi connectivity index (χ0v) is 16.5. The number of esters is 2. The maximum atomic E-state index is 12.9. The minimum atomic E-state index is -1.13. The topological polar surface area (TPSA) is 91.4 Å². The molecule has 1 amide bonds. The zero-order chi connectivity index (χ0) is 21.4. The third-order valence-electron chi connectivity index (χ3n) is 4.24. The molecule has 8 nitrogen and oxygen atoms in total. The predicted octanol–water partition coefficient (Wildman–Crippen LogP) is 2.59. The van der Waals surface area contributed by atoms with Crippen LogP contribution < -0.4 is 0 Å². The van der Waals surface area contributed by atoms with Crippen molar-refractivity contribution in [2.75, 3.05) is 6.61 Å². The third-order valence-corrected chi connectivity index (χ3v) is 4.24. The van der Waals surface area contributed by atoms with Crippen LogP contribution in [0.5, 0.6) is 0 Å². The fourth-order valence-electron chi connectivity index (χ4n) is 2.97. The number of benzene rings is 1. The van der Waals surface area contributed by atoms with Crippen LogP contribution >= 0.6 is 0 Å². The van der Waals surface area contributed by atoms with Gasteiger partial charge in [-0.25, -0.2) is 4.79 Å². The van der Waals surface area contributed by atoms with E-state index in [2.05, 4.69) is 13.2 Å². The van der Waals surface area contributed by atoms with Gasteiger partial charge in [-0.2, -0.15) is 0 Å². The van der Waals surface area contributed by atoms with Crippen LogP contribution in [-0.4, -0.2) is 54.0 Å². The van der Waals surface area contributed by atoms with Crippen LogP contribution in [0.15, 0.2) is 55.6 Å². The van der Waals surface area contributed by atoms with Crippen molar-refractivity contribution in [3.63, 3.8) is 0 Å². The lowest BCUT2D eigenvalue weighted by molar-refractivity contribution is -0.236. The molecule has 0 bridgehead atoms. The van der Waals surface area contributed by atoms with Crippen LogP contribution in [0.3, 0.4) is 0 Å². The summed E-state index contributed by atoms with van der Waals surface area (Å²) in [5.41, 5.74) is 0.812. The van der Waals surface area contributed by atoms with Gasteiger partial charge in [0.15, 0.2) is 0 Å². The number of carbonyl (C=O) groups excluding carboxylic acids is 3. The molecule has 1 aliphatic rings. The fraction of sp³-hybridized carbons (Fsp3) is 0.381. The molecule has 1 aromatic rings. The number of morpholine rings is 1. The second-order valence-corrected chi connectivity index (χ2v) is 6.35. The normalized spacial score (nSPS) is 23.6. The van der Waals surface area contributed by atoms with Crippen molar-refractivity contribution in [2.24, 2.45) is 0 Å². The first-order valence-electron chi connectivity index (χ1n) is 9.07. The monoisotopic (exact) mass is 403 g/mol. The number of rotatable bonds is 7. The lowest BCUT2D eigenvalue weighted by Crippen LogP contribution is -2.63.